The van der Waals surface area contributed by atoms with Gasteiger partial charge in [0.2, 0.25) is 5.75 Å². The number of piperazine rings is 2. The van der Waals surface area contributed by atoms with Crippen molar-refractivity contribution >= 4 is 5.69 Å². The summed E-state index contributed by atoms with van der Waals surface area (Å²) in [6, 6.07) is 0. The maximum Gasteiger partial charge on any atom is 0.294 e. The van der Waals surface area contributed by atoms with E-state index in [1.165, 1.54) is 51.4 Å². The zero-order chi connectivity index (χ0) is 21.3. The van der Waals surface area contributed by atoms with Crippen LogP contribution in [0.5, 0.6) is 5.75 Å². The highest BCUT2D eigenvalue weighted by Gasteiger charge is 2.33. The lowest BCUT2D eigenvalue weighted by molar-refractivity contribution is 0.216. The van der Waals surface area contributed by atoms with E-state index in [9.17, 15) is 9.90 Å². The van der Waals surface area contributed by atoms with E-state index in [0.29, 0.717) is 11.0 Å². The third-order valence-corrected chi connectivity index (χ3v) is 6.91. The molecule has 0 saturated carbocycles. The van der Waals surface area contributed by atoms with Crippen LogP contribution in [-0.2, 0) is 0 Å². The van der Waals surface area contributed by atoms with Crippen LogP contribution in [0.15, 0.2) is 4.79 Å². The molecule has 7 nitrogen and oxygen atoms in total. The predicted molar refractivity (Wildman–Crippen MR) is 127 cm³/mol. The molecule has 31 heavy (non-hydrogen) atoms. The Kier molecular flexibility index (Phi) is 11.0. The van der Waals surface area contributed by atoms with Crippen LogP contribution < -0.4 is 20.3 Å². The normalized spacial score (nSPS) is 18.5. The molecule has 0 bridgehead atoms. The molecule has 3 rings (SSSR count). The molecule has 0 amide bonds. The van der Waals surface area contributed by atoms with Crippen molar-refractivity contribution in [3.8, 4) is 5.75 Å². The van der Waals surface area contributed by atoms with Crippen molar-refractivity contribution in [2.75, 3.05) is 70.3 Å². The van der Waals surface area contributed by atoms with Gasteiger partial charge in [-0.2, -0.15) is 0 Å². The van der Waals surface area contributed by atoms with Crippen LogP contribution in [0.4, 0.5) is 5.69 Å². The molecule has 7 heteroatoms. The highest BCUT2D eigenvalue weighted by atomic mass is 16.3. The number of unbranched alkanes of at least 4 members (excludes halogenated alkanes) is 6. The van der Waals surface area contributed by atoms with Crippen LogP contribution in [-0.4, -0.2) is 85.8 Å². The Morgan fingerprint density at radius 3 is 1.77 bits per heavy atom. The van der Waals surface area contributed by atoms with Crippen molar-refractivity contribution in [3.63, 3.8) is 0 Å². The van der Waals surface area contributed by atoms with Crippen LogP contribution in [0.25, 0.3) is 0 Å². The van der Waals surface area contributed by atoms with Gasteiger partial charge in [0.25, 0.3) is 10.8 Å². The lowest BCUT2D eigenvalue weighted by Gasteiger charge is -2.36. The fraction of sp³-hybridized carbons (Fsp3) is 0.833. The Bertz CT molecular complexity index is 724. The average Bonchev–Trinajstić information content (AvgIpc) is 2.77. The molecule has 2 heterocycles. The lowest BCUT2D eigenvalue weighted by atomic mass is 10.1. The third kappa shape index (κ3) is 6.77. The molecular formula is C24H44N4O3. The van der Waals surface area contributed by atoms with Gasteiger partial charge in [-0.05, 0) is 25.9 Å². The summed E-state index contributed by atoms with van der Waals surface area (Å²) < 4.78 is 2.10. The van der Waals surface area contributed by atoms with Crippen molar-refractivity contribution in [3.05, 3.63) is 15.6 Å². The van der Waals surface area contributed by atoms with Crippen LogP contribution in [0.1, 0.15) is 65.2 Å². The first-order valence-corrected chi connectivity index (χ1v) is 12.5. The molecule has 0 spiro atoms. The van der Waals surface area contributed by atoms with Crippen LogP contribution >= 0.6 is 0 Å². The van der Waals surface area contributed by atoms with Crippen molar-refractivity contribution < 1.29 is 10.6 Å². The van der Waals surface area contributed by atoms with Crippen molar-refractivity contribution in [1.82, 2.24) is 14.4 Å². The summed E-state index contributed by atoms with van der Waals surface area (Å²) in [6.07, 6.45) is 10.3. The maximum absolute atomic E-state index is 12.9. The second-order valence-corrected chi connectivity index (χ2v) is 9.15. The molecule has 2 fully saturated rings. The first-order chi connectivity index (χ1) is 14.7. The van der Waals surface area contributed by atoms with E-state index in [-0.39, 0.29) is 16.7 Å². The minimum atomic E-state index is 0. The fourth-order valence-corrected chi connectivity index (χ4v) is 4.88. The molecule has 2 aliphatic rings. The zero-order valence-corrected chi connectivity index (χ0v) is 19.8. The highest BCUT2D eigenvalue weighted by molar-refractivity contribution is 5.63. The molecule has 1 aromatic rings. The van der Waals surface area contributed by atoms with Gasteiger partial charge in [0, 0.05) is 26.2 Å². The van der Waals surface area contributed by atoms with E-state index >= 15 is 0 Å². The van der Waals surface area contributed by atoms with Gasteiger partial charge in [0.05, 0.1) is 13.1 Å². The van der Waals surface area contributed by atoms with E-state index < -0.39 is 0 Å². The fourth-order valence-electron chi connectivity index (χ4n) is 4.88. The smallest absolute Gasteiger partial charge is 0.294 e. The number of hydrogen-bond donors (Lipinski definition) is 1. The van der Waals surface area contributed by atoms with E-state index in [1.54, 1.807) is 0 Å². The molecule has 0 aromatic heterocycles. The monoisotopic (exact) mass is 436 g/mol. The summed E-state index contributed by atoms with van der Waals surface area (Å²) in [5.74, 6) is 0.243. The molecule has 178 valence electrons. The van der Waals surface area contributed by atoms with Gasteiger partial charge in [-0.3, -0.25) is 14.6 Å². The second kappa shape index (κ2) is 13.2. The Hall–Kier alpha value is -1.44. The molecule has 1 aromatic carbocycles. The van der Waals surface area contributed by atoms with Gasteiger partial charge in [0.1, 0.15) is 5.69 Å². The molecule has 0 atom stereocenters. The van der Waals surface area contributed by atoms with Gasteiger partial charge >= 0.3 is 0 Å². The predicted octanol–water partition coefficient (Wildman–Crippen LogP) is 1.82. The molecule has 2 saturated heterocycles. The number of anilines is 1. The molecular weight excluding hydrogens is 392 g/mol. The van der Waals surface area contributed by atoms with Crippen LogP contribution in [0, 0.1) is 0 Å². The molecule has 2 aliphatic heterocycles. The summed E-state index contributed by atoms with van der Waals surface area (Å²) in [6.45, 7) is 14.1. The second-order valence-electron chi connectivity index (χ2n) is 9.15. The van der Waals surface area contributed by atoms with Crippen molar-refractivity contribution in [2.45, 2.75) is 65.2 Å². The molecule has 0 radical (unpaired) electrons. The standard InChI is InChI=1S/C24H42N4O2.H2O/c1-3-5-7-9-11-25-13-17-27(18-14-25)21-23(29)22(24(21)30)28-19-15-26(16-20-28)12-10-8-6-4-2;/h3-20H2,1-2H3;1H2. The summed E-state index contributed by atoms with van der Waals surface area (Å²) >= 11 is 0. The number of aromatic hydroxyl groups is 1. The molecule has 0 unspecified atom stereocenters. The van der Waals surface area contributed by atoms with Gasteiger partial charge < -0.3 is 15.5 Å². The summed E-state index contributed by atoms with van der Waals surface area (Å²) in [4.78, 5) is 20.0. The topological polar surface area (TPSA) is 80.0 Å². The van der Waals surface area contributed by atoms with Crippen LogP contribution in [0.3, 0.4) is 0 Å². The first kappa shape index (κ1) is 25.8. The minimum absolute atomic E-state index is 0. The summed E-state index contributed by atoms with van der Waals surface area (Å²) in [5, 5.41) is 11.3. The third-order valence-electron chi connectivity index (χ3n) is 6.91. The quantitative estimate of drug-likeness (QED) is 0.421. The Morgan fingerprint density at radius 2 is 1.29 bits per heavy atom. The Balaban J connectivity index is 0.00000341. The summed E-state index contributed by atoms with van der Waals surface area (Å²) in [7, 11) is 0. The first-order valence-electron chi connectivity index (χ1n) is 12.5. The van der Waals surface area contributed by atoms with E-state index in [0.717, 1.165) is 65.4 Å². The molecule has 2 N–H and O–H groups in total. The number of nitrogens with zero attached hydrogens (tertiary/aromatic N) is 4. The van der Waals surface area contributed by atoms with Gasteiger partial charge in [-0.25, -0.2) is 4.58 Å². The summed E-state index contributed by atoms with van der Waals surface area (Å²) in [5.41, 5.74) is 0.623. The van der Waals surface area contributed by atoms with Crippen LogP contribution in [0.2, 0.25) is 0 Å². The SMILES string of the molecule is CCCCCCN1CCN(c2c(O)c(=[N+]3CCN(CCCCCC)CC3)c2=O)CC1.[OH-]. The maximum atomic E-state index is 12.9. The average molecular weight is 437 g/mol. The van der Waals surface area contributed by atoms with E-state index in [1.807, 2.05) is 0 Å². The Morgan fingerprint density at radius 1 is 0.774 bits per heavy atom. The number of rotatable bonds is 11. The van der Waals surface area contributed by atoms with E-state index in [2.05, 4.69) is 33.1 Å². The lowest BCUT2D eigenvalue weighted by Crippen LogP contribution is -2.56. The van der Waals surface area contributed by atoms with Crippen molar-refractivity contribution in [1.29, 1.82) is 0 Å². The minimum Gasteiger partial charge on any atom is -0.870 e. The zero-order valence-electron chi connectivity index (χ0n) is 19.8. The number of hydrogen-bond acceptors (Lipinski definition) is 6. The van der Waals surface area contributed by atoms with Crippen molar-refractivity contribution in [2.24, 2.45) is 0 Å². The molecule has 0 aliphatic carbocycles. The van der Waals surface area contributed by atoms with Gasteiger partial charge in [0.15, 0.2) is 13.1 Å². The van der Waals surface area contributed by atoms with Gasteiger partial charge in [-0.1, -0.05) is 52.4 Å². The highest BCUT2D eigenvalue weighted by Crippen LogP contribution is 2.22. The Labute approximate surface area is 188 Å². The van der Waals surface area contributed by atoms with Gasteiger partial charge in [-0.15, -0.1) is 0 Å². The largest absolute Gasteiger partial charge is 0.870 e. The van der Waals surface area contributed by atoms with E-state index in [4.69, 9.17) is 0 Å².